The first kappa shape index (κ1) is 22.4. The molecule has 1 aliphatic heterocycles. The predicted molar refractivity (Wildman–Crippen MR) is 136 cm³/mol. The molecule has 3 aromatic heterocycles. The number of nitrogens with one attached hydrogen (secondary N) is 2. The Balaban J connectivity index is 1.19. The molecule has 0 radical (unpaired) electrons. The molecule has 6 rings (SSSR count). The maximum absolute atomic E-state index is 12.9. The van der Waals surface area contributed by atoms with Crippen molar-refractivity contribution in [1.82, 2.24) is 30.0 Å². The van der Waals surface area contributed by atoms with E-state index >= 15 is 0 Å². The Labute approximate surface area is 210 Å². The van der Waals surface area contributed by atoms with Gasteiger partial charge in [-0.25, -0.2) is 9.67 Å². The van der Waals surface area contributed by atoms with Crippen molar-refractivity contribution in [2.24, 2.45) is 5.41 Å². The van der Waals surface area contributed by atoms with E-state index < -0.39 is 0 Å². The van der Waals surface area contributed by atoms with Crippen LogP contribution in [0.25, 0.3) is 27.6 Å². The van der Waals surface area contributed by atoms with E-state index in [2.05, 4.69) is 41.6 Å². The third-order valence-electron chi connectivity index (χ3n) is 7.04. The first-order chi connectivity index (χ1) is 17.0. The van der Waals surface area contributed by atoms with Crippen LogP contribution in [0.4, 0.5) is 5.95 Å². The van der Waals surface area contributed by atoms with E-state index in [1.165, 1.54) is 0 Å². The zero-order valence-corrected chi connectivity index (χ0v) is 21.0. The number of fused-ring (bicyclic) bond motifs is 2. The van der Waals surface area contributed by atoms with E-state index in [-0.39, 0.29) is 23.4 Å². The molecule has 1 saturated heterocycles. The summed E-state index contributed by atoms with van der Waals surface area (Å²) in [6.07, 6.45) is 6.81. The summed E-state index contributed by atoms with van der Waals surface area (Å²) in [5.41, 5.74) is 2.16. The molecular weight excluding hydrogens is 510 g/mol. The Bertz CT molecular complexity index is 1410. The zero-order chi connectivity index (χ0) is 24.0. The Morgan fingerprint density at radius 2 is 2.00 bits per heavy atom. The maximum Gasteiger partial charge on any atom is 0.226 e. The fraction of sp³-hybridized carbons (Fsp3) is 0.400. The Hall–Kier alpha value is -3.11. The number of pyridine rings is 1. The molecule has 10 heteroatoms. The van der Waals surface area contributed by atoms with E-state index in [9.17, 15) is 4.79 Å². The third kappa shape index (κ3) is 4.25. The van der Waals surface area contributed by atoms with Gasteiger partial charge in [0.25, 0.3) is 0 Å². The van der Waals surface area contributed by atoms with E-state index in [4.69, 9.17) is 9.72 Å². The Morgan fingerprint density at radius 3 is 2.83 bits per heavy atom. The van der Waals surface area contributed by atoms with Gasteiger partial charge in [0.2, 0.25) is 11.9 Å². The van der Waals surface area contributed by atoms with E-state index in [1.807, 2.05) is 41.9 Å². The van der Waals surface area contributed by atoms with Gasteiger partial charge < -0.3 is 15.4 Å². The highest BCUT2D eigenvalue weighted by molar-refractivity contribution is 9.10. The van der Waals surface area contributed by atoms with Crippen molar-refractivity contribution in [2.75, 3.05) is 18.5 Å². The van der Waals surface area contributed by atoms with Crippen LogP contribution >= 0.6 is 15.9 Å². The van der Waals surface area contributed by atoms with Gasteiger partial charge in [-0.15, -0.1) is 0 Å². The fourth-order valence-electron chi connectivity index (χ4n) is 5.01. The first-order valence-corrected chi connectivity index (χ1v) is 12.7. The molecule has 2 fully saturated rings. The molecule has 1 aliphatic carbocycles. The molecule has 4 aromatic rings. The number of nitrogens with zero attached hydrogens (tertiary/aromatic N) is 5. The SMILES string of the molecule is C[C@]1(C(=O)NC2CCOCC2)C[C@H](Nc2ncc3c(Br)nn(-c4ccc5ncccc5c4)c3n2)C1. The van der Waals surface area contributed by atoms with Crippen LogP contribution in [0.5, 0.6) is 0 Å². The van der Waals surface area contributed by atoms with Crippen molar-refractivity contribution in [3.05, 3.63) is 47.3 Å². The van der Waals surface area contributed by atoms with Gasteiger partial charge in [0.05, 0.1) is 22.0 Å². The lowest BCUT2D eigenvalue weighted by molar-refractivity contribution is -0.136. The summed E-state index contributed by atoms with van der Waals surface area (Å²) in [7, 11) is 0. The second kappa shape index (κ2) is 8.83. The second-order valence-electron chi connectivity index (χ2n) is 9.68. The molecule has 0 spiro atoms. The van der Waals surface area contributed by atoms with Gasteiger partial charge in [0, 0.05) is 43.1 Å². The zero-order valence-electron chi connectivity index (χ0n) is 19.4. The number of aromatic nitrogens is 5. The van der Waals surface area contributed by atoms with Crippen LogP contribution in [-0.2, 0) is 9.53 Å². The van der Waals surface area contributed by atoms with Crippen LogP contribution in [0.2, 0.25) is 0 Å². The second-order valence-corrected chi connectivity index (χ2v) is 10.4. The van der Waals surface area contributed by atoms with Gasteiger partial charge >= 0.3 is 0 Å². The monoisotopic (exact) mass is 535 g/mol. The highest BCUT2D eigenvalue weighted by atomic mass is 79.9. The number of rotatable bonds is 5. The van der Waals surface area contributed by atoms with Crippen molar-refractivity contribution < 1.29 is 9.53 Å². The molecule has 0 atom stereocenters. The number of benzene rings is 1. The summed E-state index contributed by atoms with van der Waals surface area (Å²) < 4.78 is 7.89. The van der Waals surface area contributed by atoms with E-state index in [1.54, 1.807) is 12.4 Å². The number of carbonyl (C=O) groups is 1. The summed E-state index contributed by atoms with van der Waals surface area (Å²) in [5, 5.41) is 13.1. The van der Waals surface area contributed by atoms with Crippen LogP contribution < -0.4 is 10.6 Å². The molecule has 4 heterocycles. The standard InChI is InChI=1S/C25H26BrN7O2/c1-25(23(34)29-16-6-9-35-10-7-16)12-17(13-25)30-24-28-14-19-21(26)32-33(22(19)31-24)18-4-5-20-15(11-18)3-2-8-27-20/h2-5,8,11,14,16-17H,6-7,9-10,12-13H2,1H3,(H,29,34)(H,28,30,31)/t17-,25-. The fourth-order valence-corrected chi connectivity index (χ4v) is 5.45. The largest absolute Gasteiger partial charge is 0.381 e. The van der Waals surface area contributed by atoms with Crippen molar-refractivity contribution in [1.29, 1.82) is 0 Å². The number of halogens is 1. The number of anilines is 1. The van der Waals surface area contributed by atoms with Crippen molar-refractivity contribution in [3.63, 3.8) is 0 Å². The highest BCUT2D eigenvalue weighted by Crippen LogP contribution is 2.42. The Morgan fingerprint density at radius 1 is 1.17 bits per heavy atom. The van der Waals surface area contributed by atoms with Crippen molar-refractivity contribution >= 4 is 49.7 Å². The minimum Gasteiger partial charge on any atom is -0.381 e. The van der Waals surface area contributed by atoms with Gasteiger partial charge in [-0.3, -0.25) is 9.78 Å². The smallest absolute Gasteiger partial charge is 0.226 e. The maximum atomic E-state index is 12.9. The summed E-state index contributed by atoms with van der Waals surface area (Å²) in [6, 6.07) is 10.3. The van der Waals surface area contributed by atoms with Crippen LogP contribution in [0.3, 0.4) is 0 Å². The minimum atomic E-state index is -0.371. The van der Waals surface area contributed by atoms with Crippen LogP contribution in [0.1, 0.15) is 32.6 Å². The Kier molecular flexibility index (Phi) is 5.64. The quantitative estimate of drug-likeness (QED) is 0.397. The number of carbonyl (C=O) groups excluding carboxylic acids is 1. The lowest BCUT2D eigenvalue weighted by Gasteiger charge is -2.44. The number of ether oxygens (including phenoxy) is 1. The van der Waals surface area contributed by atoms with Gasteiger partial charge in [0.1, 0.15) is 4.60 Å². The molecule has 1 amide bonds. The normalized spacial score (nSPS) is 22.7. The molecule has 180 valence electrons. The molecule has 0 bridgehead atoms. The average Bonchev–Trinajstić information content (AvgIpc) is 3.19. The molecule has 0 unspecified atom stereocenters. The summed E-state index contributed by atoms with van der Waals surface area (Å²) in [6.45, 7) is 3.47. The number of hydrogen-bond donors (Lipinski definition) is 2. The first-order valence-electron chi connectivity index (χ1n) is 11.9. The molecule has 9 nitrogen and oxygen atoms in total. The van der Waals surface area contributed by atoms with Crippen LogP contribution in [0, 0.1) is 5.41 Å². The van der Waals surface area contributed by atoms with Crippen molar-refractivity contribution in [3.8, 4) is 5.69 Å². The minimum absolute atomic E-state index is 0.131. The lowest BCUT2D eigenvalue weighted by atomic mass is 9.66. The highest BCUT2D eigenvalue weighted by Gasteiger charge is 2.47. The molecule has 35 heavy (non-hydrogen) atoms. The van der Waals surface area contributed by atoms with Gasteiger partial charge in [-0.1, -0.05) is 13.0 Å². The molecule has 1 aromatic carbocycles. The molecule has 1 saturated carbocycles. The molecular formula is C25H26BrN7O2. The van der Waals surface area contributed by atoms with Crippen LogP contribution in [0.15, 0.2) is 47.3 Å². The lowest BCUT2D eigenvalue weighted by Crippen LogP contribution is -2.55. The molecule has 2 aliphatic rings. The van der Waals surface area contributed by atoms with Gasteiger partial charge in [-0.2, -0.15) is 10.1 Å². The summed E-state index contributed by atoms with van der Waals surface area (Å²) >= 11 is 3.54. The number of hydrogen-bond acceptors (Lipinski definition) is 7. The third-order valence-corrected chi connectivity index (χ3v) is 7.63. The van der Waals surface area contributed by atoms with Crippen molar-refractivity contribution in [2.45, 2.75) is 44.7 Å². The number of amides is 1. The summed E-state index contributed by atoms with van der Waals surface area (Å²) in [5.74, 6) is 0.664. The summed E-state index contributed by atoms with van der Waals surface area (Å²) in [4.78, 5) is 26.5. The predicted octanol–water partition coefficient (Wildman–Crippen LogP) is 4.00. The van der Waals surface area contributed by atoms with Gasteiger partial charge in [-0.05, 0) is 65.9 Å². The average molecular weight is 536 g/mol. The molecule has 2 N–H and O–H groups in total. The van der Waals surface area contributed by atoms with E-state index in [0.717, 1.165) is 47.7 Å². The van der Waals surface area contributed by atoms with E-state index in [0.29, 0.717) is 29.4 Å². The van der Waals surface area contributed by atoms with Gasteiger partial charge in [0.15, 0.2) is 5.65 Å². The topological polar surface area (TPSA) is 107 Å². The van der Waals surface area contributed by atoms with Crippen LogP contribution in [-0.4, -0.2) is 55.9 Å².